The molecule has 1 aromatic heterocycles. The molecule has 1 aliphatic rings. The number of benzene rings is 1. The minimum absolute atomic E-state index is 0.0188. The van der Waals surface area contributed by atoms with Crippen LogP contribution >= 0.6 is 11.6 Å². The number of nitrogens with two attached hydrogens (primary N) is 1. The summed E-state index contributed by atoms with van der Waals surface area (Å²) in [6.07, 6.45) is 0.899. The number of halogens is 1. The van der Waals surface area contributed by atoms with E-state index in [0.29, 0.717) is 36.6 Å². The summed E-state index contributed by atoms with van der Waals surface area (Å²) in [5, 5.41) is 24.9. The number of primary amides is 1. The minimum atomic E-state index is -0.667. The number of aromatic nitrogens is 2. The molecule has 0 saturated carbocycles. The van der Waals surface area contributed by atoms with Crippen molar-refractivity contribution in [2.24, 2.45) is 11.1 Å². The Hall–Kier alpha value is -3.18. The fourth-order valence-electron chi connectivity index (χ4n) is 3.46. The molecule has 1 aliphatic heterocycles. The SMILES string of the molecule is CN(CCO)c1nc(Nc2ccc(Cl)cc2)c([N+](=O)[O-])c(N2CCC(C)(C(N)=O)CC2)n1. The smallest absolute Gasteiger partial charge is 0.353 e. The number of amides is 1. The van der Waals surface area contributed by atoms with Gasteiger partial charge in [0.1, 0.15) is 0 Å². The third-order valence-corrected chi connectivity index (χ3v) is 5.93. The van der Waals surface area contributed by atoms with Crippen LogP contribution in [0.2, 0.25) is 5.02 Å². The molecular formula is C20H26ClN7O4. The van der Waals surface area contributed by atoms with Gasteiger partial charge in [-0.1, -0.05) is 18.5 Å². The maximum absolute atomic E-state index is 12.1. The highest BCUT2D eigenvalue weighted by atomic mass is 35.5. The van der Waals surface area contributed by atoms with Gasteiger partial charge in [-0.15, -0.1) is 0 Å². The first kappa shape index (κ1) is 23.5. The molecule has 0 bridgehead atoms. The number of aliphatic hydroxyl groups excluding tert-OH is 1. The minimum Gasteiger partial charge on any atom is -0.395 e. The summed E-state index contributed by atoms with van der Waals surface area (Å²) in [5.41, 5.74) is 5.17. The summed E-state index contributed by atoms with van der Waals surface area (Å²) in [4.78, 5) is 35.6. The molecule has 1 saturated heterocycles. The van der Waals surface area contributed by atoms with E-state index >= 15 is 0 Å². The predicted octanol–water partition coefficient (Wildman–Crippen LogP) is 2.30. The van der Waals surface area contributed by atoms with Crippen LogP contribution in [0.1, 0.15) is 19.8 Å². The van der Waals surface area contributed by atoms with E-state index in [1.165, 1.54) is 0 Å². The number of hydrogen-bond acceptors (Lipinski definition) is 9. The zero-order chi connectivity index (χ0) is 23.5. The Morgan fingerprint density at radius 3 is 2.50 bits per heavy atom. The number of likely N-dealkylation sites (N-methyl/N-ethyl adjacent to an activating group) is 1. The molecule has 32 heavy (non-hydrogen) atoms. The quantitative estimate of drug-likeness (QED) is 0.395. The average Bonchev–Trinajstić information content (AvgIpc) is 2.75. The standard InChI is InChI=1S/C20H26ClN7O4/c1-20(18(22)30)7-9-27(10-8-20)17-15(28(31)32)16(23-14-5-3-13(21)4-6-14)24-19(25-17)26(2)11-12-29/h3-6,29H,7-12H2,1-2H3,(H2,22,30)(H,23,24,25). The number of nitro groups is 1. The van der Waals surface area contributed by atoms with E-state index < -0.39 is 10.3 Å². The molecule has 0 atom stereocenters. The molecule has 0 unspecified atom stereocenters. The Balaban J connectivity index is 2.05. The van der Waals surface area contributed by atoms with Crippen LogP contribution in [0.5, 0.6) is 0 Å². The Kier molecular flexibility index (Phi) is 6.99. The summed E-state index contributed by atoms with van der Waals surface area (Å²) < 4.78 is 0. The van der Waals surface area contributed by atoms with Crippen molar-refractivity contribution in [2.75, 3.05) is 48.4 Å². The molecule has 3 rings (SSSR count). The average molecular weight is 464 g/mol. The first-order valence-corrected chi connectivity index (χ1v) is 10.5. The van der Waals surface area contributed by atoms with Crippen molar-refractivity contribution >= 4 is 46.5 Å². The topological polar surface area (TPSA) is 151 Å². The van der Waals surface area contributed by atoms with Gasteiger partial charge in [0.15, 0.2) is 0 Å². The van der Waals surface area contributed by atoms with Gasteiger partial charge in [-0.05, 0) is 37.1 Å². The molecule has 1 fully saturated rings. The molecule has 12 heteroatoms. The number of aliphatic hydroxyl groups is 1. The number of nitrogens with zero attached hydrogens (tertiary/aromatic N) is 5. The van der Waals surface area contributed by atoms with Gasteiger partial charge >= 0.3 is 5.69 Å². The molecule has 0 spiro atoms. The Morgan fingerprint density at radius 1 is 1.34 bits per heavy atom. The third-order valence-electron chi connectivity index (χ3n) is 5.68. The lowest BCUT2D eigenvalue weighted by atomic mass is 9.80. The Bertz CT molecular complexity index is 994. The van der Waals surface area contributed by atoms with Crippen LogP contribution in [-0.2, 0) is 4.79 Å². The molecule has 172 valence electrons. The van der Waals surface area contributed by atoms with Crippen LogP contribution in [0.15, 0.2) is 24.3 Å². The number of hydrogen-bond donors (Lipinski definition) is 3. The summed E-state index contributed by atoms with van der Waals surface area (Å²) in [7, 11) is 1.69. The van der Waals surface area contributed by atoms with Crippen LogP contribution in [0.3, 0.4) is 0 Å². The van der Waals surface area contributed by atoms with Gasteiger partial charge in [-0.25, -0.2) is 0 Å². The van der Waals surface area contributed by atoms with Crippen molar-refractivity contribution in [3.05, 3.63) is 39.4 Å². The summed E-state index contributed by atoms with van der Waals surface area (Å²) >= 11 is 5.94. The van der Waals surface area contributed by atoms with Gasteiger partial charge in [0, 0.05) is 42.8 Å². The van der Waals surface area contributed by atoms with Crippen molar-refractivity contribution in [1.29, 1.82) is 0 Å². The van der Waals surface area contributed by atoms with E-state index in [1.54, 1.807) is 48.0 Å². The first-order chi connectivity index (χ1) is 15.1. The van der Waals surface area contributed by atoms with Crippen LogP contribution < -0.4 is 20.9 Å². The lowest BCUT2D eigenvalue weighted by Gasteiger charge is -2.37. The van der Waals surface area contributed by atoms with Crippen molar-refractivity contribution < 1.29 is 14.8 Å². The van der Waals surface area contributed by atoms with Gasteiger partial charge < -0.3 is 26.0 Å². The fraction of sp³-hybridized carbons (Fsp3) is 0.450. The second-order valence-electron chi connectivity index (χ2n) is 7.99. The highest BCUT2D eigenvalue weighted by Crippen LogP contribution is 2.40. The monoisotopic (exact) mass is 463 g/mol. The zero-order valence-corrected chi connectivity index (χ0v) is 18.7. The highest BCUT2D eigenvalue weighted by molar-refractivity contribution is 6.30. The van der Waals surface area contributed by atoms with Crippen LogP contribution in [0.25, 0.3) is 0 Å². The van der Waals surface area contributed by atoms with Gasteiger partial charge in [0.25, 0.3) is 0 Å². The largest absolute Gasteiger partial charge is 0.395 e. The normalized spacial score (nSPS) is 15.3. The molecule has 1 amide bonds. The first-order valence-electron chi connectivity index (χ1n) is 10.1. The predicted molar refractivity (Wildman–Crippen MR) is 123 cm³/mol. The van der Waals surface area contributed by atoms with Gasteiger partial charge in [-0.2, -0.15) is 9.97 Å². The zero-order valence-electron chi connectivity index (χ0n) is 17.9. The second-order valence-corrected chi connectivity index (χ2v) is 8.43. The van der Waals surface area contributed by atoms with Crippen molar-refractivity contribution in [2.45, 2.75) is 19.8 Å². The van der Waals surface area contributed by atoms with E-state index in [-0.39, 0.29) is 42.3 Å². The van der Waals surface area contributed by atoms with Crippen molar-refractivity contribution in [3.8, 4) is 0 Å². The summed E-state index contributed by atoms with van der Waals surface area (Å²) in [6, 6.07) is 6.69. The van der Waals surface area contributed by atoms with E-state index in [4.69, 9.17) is 17.3 Å². The number of carbonyl (C=O) groups excluding carboxylic acids is 1. The fourth-order valence-corrected chi connectivity index (χ4v) is 3.58. The number of nitrogens with one attached hydrogen (secondary N) is 1. The van der Waals surface area contributed by atoms with Crippen LogP contribution in [0.4, 0.5) is 29.0 Å². The molecule has 1 aromatic carbocycles. The Morgan fingerprint density at radius 2 is 1.97 bits per heavy atom. The van der Waals surface area contributed by atoms with E-state index in [2.05, 4.69) is 15.3 Å². The second kappa shape index (κ2) is 9.53. The molecule has 11 nitrogen and oxygen atoms in total. The molecule has 0 radical (unpaired) electrons. The Labute approximate surface area is 190 Å². The summed E-state index contributed by atoms with van der Waals surface area (Å²) in [6.45, 7) is 2.67. The third kappa shape index (κ3) is 5.00. The van der Waals surface area contributed by atoms with E-state index in [0.717, 1.165) is 0 Å². The lowest BCUT2D eigenvalue weighted by Crippen LogP contribution is -2.46. The molecule has 2 heterocycles. The van der Waals surface area contributed by atoms with Gasteiger partial charge in [-0.3, -0.25) is 14.9 Å². The molecule has 4 N–H and O–H groups in total. The van der Waals surface area contributed by atoms with Gasteiger partial charge in [0.05, 0.1) is 11.5 Å². The molecule has 2 aromatic rings. The number of rotatable bonds is 8. The van der Waals surface area contributed by atoms with Crippen molar-refractivity contribution in [1.82, 2.24) is 9.97 Å². The van der Waals surface area contributed by atoms with Crippen LogP contribution in [-0.4, -0.2) is 59.2 Å². The molecule has 0 aliphatic carbocycles. The summed E-state index contributed by atoms with van der Waals surface area (Å²) in [5.74, 6) is 0.000252. The maximum atomic E-state index is 12.1. The maximum Gasteiger partial charge on any atom is 0.353 e. The van der Waals surface area contributed by atoms with Crippen molar-refractivity contribution in [3.63, 3.8) is 0 Å². The molecular weight excluding hydrogens is 438 g/mol. The lowest BCUT2D eigenvalue weighted by molar-refractivity contribution is -0.383. The van der Waals surface area contributed by atoms with Crippen LogP contribution in [0, 0.1) is 15.5 Å². The highest BCUT2D eigenvalue weighted by Gasteiger charge is 2.38. The van der Waals surface area contributed by atoms with E-state index in [9.17, 15) is 20.0 Å². The number of anilines is 4. The number of carbonyl (C=O) groups is 1. The van der Waals surface area contributed by atoms with E-state index in [1.807, 2.05) is 0 Å². The number of piperidine rings is 1. The van der Waals surface area contributed by atoms with Gasteiger partial charge in [0.2, 0.25) is 23.5 Å².